The van der Waals surface area contributed by atoms with E-state index in [1.54, 1.807) is 12.1 Å². The molecule has 0 radical (unpaired) electrons. The number of carbonyl (C=O) groups excluding carboxylic acids is 1. The van der Waals surface area contributed by atoms with Gasteiger partial charge in [-0.15, -0.1) is 0 Å². The highest BCUT2D eigenvalue weighted by atomic mass is 35.5. The van der Waals surface area contributed by atoms with Crippen molar-refractivity contribution in [1.82, 2.24) is 10.2 Å². The van der Waals surface area contributed by atoms with Crippen molar-refractivity contribution >= 4 is 17.5 Å². The number of carbonyl (C=O) groups is 1. The molecule has 0 saturated carbocycles. The molecule has 1 saturated heterocycles. The van der Waals surface area contributed by atoms with E-state index in [1.165, 1.54) is 0 Å². The van der Waals surface area contributed by atoms with Crippen molar-refractivity contribution in [2.24, 2.45) is 0 Å². The Morgan fingerprint density at radius 1 is 1.29 bits per heavy atom. The zero-order chi connectivity index (χ0) is 12.4. The molecular formula is C13H17ClN2O. The van der Waals surface area contributed by atoms with Crippen LogP contribution in [0.5, 0.6) is 0 Å². The molecule has 17 heavy (non-hydrogen) atoms. The standard InChI is InChI=1S/C13H17ClN2O/c1-9-7-16(8-10(2)15-9)13(17)11-5-3-4-6-12(11)14/h3-6,9-10,15H,7-8H2,1-2H3. The first-order valence-electron chi connectivity index (χ1n) is 5.88. The fourth-order valence-corrected chi connectivity index (χ4v) is 2.51. The lowest BCUT2D eigenvalue weighted by molar-refractivity contribution is 0.0674. The third-order valence-electron chi connectivity index (χ3n) is 2.95. The summed E-state index contributed by atoms with van der Waals surface area (Å²) in [5.74, 6) is 0.0239. The summed E-state index contributed by atoms with van der Waals surface area (Å²) in [7, 11) is 0. The van der Waals surface area contributed by atoms with E-state index in [-0.39, 0.29) is 5.91 Å². The molecule has 3 nitrogen and oxygen atoms in total. The monoisotopic (exact) mass is 252 g/mol. The topological polar surface area (TPSA) is 32.3 Å². The Morgan fingerprint density at radius 2 is 1.88 bits per heavy atom. The normalized spacial score (nSPS) is 24.8. The van der Waals surface area contributed by atoms with E-state index in [0.717, 1.165) is 13.1 Å². The Kier molecular flexibility index (Phi) is 3.69. The van der Waals surface area contributed by atoms with Gasteiger partial charge in [-0.25, -0.2) is 0 Å². The molecule has 92 valence electrons. The molecule has 1 heterocycles. The second-order valence-electron chi connectivity index (χ2n) is 4.66. The highest BCUT2D eigenvalue weighted by molar-refractivity contribution is 6.33. The highest BCUT2D eigenvalue weighted by Gasteiger charge is 2.26. The summed E-state index contributed by atoms with van der Waals surface area (Å²) >= 11 is 6.05. The van der Waals surface area contributed by atoms with Gasteiger partial charge in [-0.1, -0.05) is 23.7 Å². The summed E-state index contributed by atoms with van der Waals surface area (Å²) < 4.78 is 0. The first-order chi connectivity index (χ1) is 8.08. The minimum Gasteiger partial charge on any atom is -0.336 e. The maximum Gasteiger partial charge on any atom is 0.255 e. The zero-order valence-electron chi connectivity index (χ0n) is 10.1. The van der Waals surface area contributed by atoms with E-state index in [0.29, 0.717) is 22.7 Å². The second-order valence-corrected chi connectivity index (χ2v) is 5.07. The predicted octanol–water partition coefficient (Wildman–Crippen LogP) is 2.16. The van der Waals surface area contributed by atoms with Gasteiger partial charge < -0.3 is 10.2 Å². The Labute approximate surface area is 107 Å². The molecule has 0 aliphatic carbocycles. The molecule has 1 fully saturated rings. The van der Waals surface area contributed by atoms with Crippen LogP contribution in [0, 0.1) is 0 Å². The molecule has 1 amide bonds. The van der Waals surface area contributed by atoms with Gasteiger partial charge in [0, 0.05) is 25.2 Å². The van der Waals surface area contributed by atoms with Gasteiger partial charge in [0.2, 0.25) is 0 Å². The summed E-state index contributed by atoms with van der Waals surface area (Å²) in [6.07, 6.45) is 0. The van der Waals surface area contributed by atoms with Crippen molar-refractivity contribution < 1.29 is 4.79 Å². The predicted molar refractivity (Wildman–Crippen MR) is 69.4 cm³/mol. The third kappa shape index (κ3) is 2.79. The van der Waals surface area contributed by atoms with Gasteiger partial charge in [-0.2, -0.15) is 0 Å². The van der Waals surface area contributed by atoms with Crippen LogP contribution in [-0.2, 0) is 0 Å². The number of piperazine rings is 1. The number of nitrogens with one attached hydrogen (secondary N) is 1. The van der Waals surface area contributed by atoms with Gasteiger partial charge in [0.1, 0.15) is 0 Å². The molecular weight excluding hydrogens is 236 g/mol. The van der Waals surface area contributed by atoms with Crippen LogP contribution in [0.1, 0.15) is 24.2 Å². The van der Waals surface area contributed by atoms with E-state index in [1.807, 2.05) is 17.0 Å². The molecule has 2 unspecified atom stereocenters. The van der Waals surface area contributed by atoms with Gasteiger partial charge >= 0.3 is 0 Å². The van der Waals surface area contributed by atoms with Crippen molar-refractivity contribution in [2.75, 3.05) is 13.1 Å². The molecule has 1 aliphatic heterocycles. The smallest absolute Gasteiger partial charge is 0.255 e. The molecule has 1 aromatic carbocycles. The van der Waals surface area contributed by atoms with Crippen molar-refractivity contribution in [3.05, 3.63) is 34.9 Å². The van der Waals surface area contributed by atoms with E-state index in [9.17, 15) is 4.79 Å². The Bertz CT molecular complexity index is 412. The number of hydrogen-bond donors (Lipinski definition) is 1. The maximum absolute atomic E-state index is 12.3. The summed E-state index contributed by atoms with van der Waals surface area (Å²) in [5, 5.41) is 3.93. The van der Waals surface area contributed by atoms with E-state index >= 15 is 0 Å². The summed E-state index contributed by atoms with van der Waals surface area (Å²) in [4.78, 5) is 14.2. The first kappa shape index (κ1) is 12.4. The molecule has 0 spiro atoms. The number of halogens is 1. The van der Waals surface area contributed by atoms with Crippen molar-refractivity contribution in [3.8, 4) is 0 Å². The SMILES string of the molecule is CC1CN(C(=O)c2ccccc2Cl)CC(C)N1. The number of hydrogen-bond acceptors (Lipinski definition) is 2. The van der Waals surface area contributed by atoms with Crippen LogP contribution < -0.4 is 5.32 Å². The van der Waals surface area contributed by atoms with Crippen molar-refractivity contribution in [3.63, 3.8) is 0 Å². The molecule has 1 aliphatic rings. The van der Waals surface area contributed by atoms with E-state index in [4.69, 9.17) is 11.6 Å². The van der Waals surface area contributed by atoms with Crippen LogP contribution in [0.15, 0.2) is 24.3 Å². The second kappa shape index (κ2) is 5.07. The van der Waals surface area contributed by atoms with Gasteiger partial charge in [0.15, 0.2) is 0 Å². The van der Waals surface area contributed by atoms with Gasteiger partial charge in [0.05, 0.1) is 10.6 Å². The lowest BCUT2D eigenvalue weighted by Gasteiger charge is -2.36. The van der Waals surface area contributed by atoms with Crippen LogP contribution in [0.3, 0.4) is 0 Å². The average molecular weight is 253 g/mol. The first-order valence-corrected chi connectivity index (χ1v) is 6.25. The molecule has 2 rings (SSSR count). The minimum absolute atomic E-state index is 0.0239. The zero-order valence-corrected chi connectivity index (χ0v) is 10.9. The number of benzene rings is 1. The lowest BCUT2D eigenvalue weighted by atomic mass is 10.1. The van der Waals surface area contributed by atoms with Crippen LogP contribution in [0.4, 0.5) is 0 Å². The van der Waals surface area contributed by atoms with Gasteiger partial charge in [-0.05, 0) is 26.0 Å². The molecule has 1 aromatic rings. The van der Waals surface area contributed by atoms with E-state index < -0.39 is 0 Å². The van der Waals surface area contributed by atoms with Crippen LogP contribution >= 0.6 is 11.6 Å². The summed E-state index contributed by atoms with van der Waals surface area (Å²) in [6, 6.07) is 7.86. The fourth-order valence-electron chi connectivity index (χ4n) is 2.30. The van der Waals surface area contributed by atoms with Crippen LogP contribution in [-0.4, -0.2) is 36.0 Å². The van der Waals surface area contributed by atoms with Gasteiger partial charge in [0.25, 0.3) is 5.91 Å². The third-order valence-corrected chi connectivity index (χ3v) is 3.28. The summed E-state index contributed by atoms with van der Waals surface area (Å²) in [5.41, 5.74) is 0.593. The molecule has 1 N–H and O–H groups in total. The van der Waals surface area contributed by atoms with Crippen molar-refractivity contribution in [2.45, 2.75) is 25.9 Å². The maximum atomic E-state index is 12.3. The Hall–Kier alpha value is -1.06. The molecule has 0 aromatic heterocycles. The Balaban J connectivity index is 2.17. The molecule has 0 bridgehead atoms. The average Bonchev–Trinajstić information content (AvgIpc) is 2.27. The van der Waals surface area contributed by atoms with Crippen molar-refractivity contribution in [1.29, 1.82) is 0 Å². The largest absolute Gasteiger partial charge is 0.336 e. The summed E-state index contributed by atoms with van der Waals surface area (Å²) in [6.45, 7) is 5.63. The lowest BCUT2D eigenvalue weighted by Crippen LogP contribution is -2.55. The van der Waals surface area contributed by atoms with Crippen LogP contribution in [0.25, 0.3) is 0 Å². The quantitative estimate of drug-likeness (QED) is 0.831. The minimum atomic E-state index is 0.0239. The highest BCUT2D eigenvalue weighted by Crippen LogP contribution is 2.18. The Morgan fingerprint density at radius 3 is 2.47 bits per heavy atom. The molecule has 2 atom stereocenters. The van der Waals surface area contributed by atoms with Gasteiger partial charge in [-0.3, -0.25) is 4.79 Å². The van der Waals surface area contributed by atoms with E-state index in [2.05, 4.69) is 19.2 Å². The number of amides is 1. The van der Waals surface area contributed by atoms with Crippen LogP contribution in [0.2, 0.25) is 5.02 Å². The number of nitrogens with zero attached hydrogens (tertiary/aromatic N) is 1. The fraction of sp³-hybridized carbons (Fsp3) is 0.462. The number of rotatable bonds is 1. The molecule has 4 heteroatoms.